The molecular weight excluding hydrogens is 408 g/mol. The van der Waals surface area contributed by atoms with Crippen molar-refractivity contribution in [2.45, 2.75) is 46.2 Å². The number of carbonyl (C=O) groups excluding carboxylic acids is 1. The van der Waals surface area contributed by atoms with Gasteiger partial charge in [0.25, 0.3) is 5.91 Å². The standard InChI is InChI=1S/C26H31ClN2O2/c1-3-4-7-16-29(26(30)20-31-25-14-12-23(27)13-15-25)19-24-11-8-17-28(24)18-22-10-6-5-9-21(22)2/h5-6,8-15,17H,3-4,7,16,18-20H2,1-2H3. The molecule has 0 aliphatic carbocycles. The van der Waals surface area contributed by atoms with E-state index in [2.05, 4.69) is 54.9 Å². The molecule has 164 valence electrons. The van der Waals surface area contributed by atoms with Gasteiger partial charge in [0.1, 0.15) is 5.75 Å². The minimum atomic E-state index is -0.00491. The van der Waals surface area contributed by atoms with Crippen LogP contribution in [0.5, 0.6) is 5.75 Å². The van der Waals surface area contributed by atoms with Crippen LogP contribution in [0.2, 0.25) is 5.02 Å². The van der Waals surface area contributed by atoms with Gasteiger partial charge in [-0.25, -0.2) is 0 Å². The van der Waals surface area contributed by atoms with Gasteiger partial charge in [0.2, 0.25) is 0 Å². The van der Waals surface area contributed by atoms with Crippen molar-refractivity contribution in [3.63, 3.8) is 0 Å². The van der Waals surface area contributed by atoms with Crippen molar-refractivity contribution in [2.24, 2.45) is 0 Å². The van der Waals surface area contributed by atoms with E-state index in [9.17, 15) is 4.79 Å². The van der Waals surface area contributed by atoms with E-state index in [-0.39, 0.29) is 12.5 Å². The number of rotatable bonds is 11. The molecule has 4 nitrogen and oxygen atoms in total. The number of aromatic nitrogens is 1. The van der Waals surface area contributed by atoms with Crippen molar-refractivity contribution >= 4 is 17.5 Å². The molecule has 0 unspecified atom stereocenters. The van der Waals surface area contributed by atoms with Crippen molar-refractivity contribution in [3.05, 3.63) is 88.7 Å². The summed E-state index contributed by atoms with van der Waals surface area (Å²) < 4.78 is 7.94. The van der Waals surface area contributed by atoms with Crippen LogP contribution in [0.4, 0.5) is 0 Å². The topological polar surface area (TPSA) is 34.5 Å². The minimum absolute atomic E-state index is 0.00491. The molecule has 0 fully saturated rings. The van der Waals surface area contributed by atoms with Crippen LogP contribution in [0.1, 0.15) is 43.0 Å². The van der Waals surface area contributed by atoms with Crippen molar-refractivity contribution in [1.82, 2.24) is 9.47 Å². The number of carbonyl (C=O) groups is 1. The normalized spacial score (nSPS) is 10.8. The number of unbranched alkanes of at least 4 members (excludes halogenated alkanes) is 2. The summed E-state index contributed by atoms with van der Waals surface area (Å²) in [6, 6.07) is 19.7. The first kappa shape index (κ1) is 23.0. The molecule has 3 rings (SSSR count). The zero-order valence-corrected chi connectivity index (χ0v) is 19.1. The molecule has 0 saturated carbocycles. The molecule has 0 aliphatic rings. The fourth-order valence-corrected chi connectivity index (χ4v) is 3.65. The van der Waals surface area contributed by atoms with Crippen LogP contribution in [-0.2, 0) is 17.9 Å². The second kappa shape index (κ2) is 11.6. The third-order valence-corrected chi connectivity index (χ3v) is 5.69. The number of benzene rings is 2. The zero-order valence-electron chi connectivity index (χ0n) is 18.4. The summed E-state index contributed by atoms with van der Waals surface area (Å²) in [6.07, 6.45) is 5.29. The zero-order chi connectivity index (χ0) is 22.1. The number of amides is 1. The van der Waals surface area contributed by atoms with Crippen LogP contribution >= 0.6 is 11.6 Å². The summed E-state index contributed by atoms with van der Waals surface area (Å²) in [6.45, 7) is 6.42. The summed E-state index contributed by atoms with van der Waals surface area (Å²) >= 11 is 5.92. The minimum Gasteiger partial charge on any atom is -0.484 e. The largest absolute Gasteiger partial charge is 0.484 e. The van der Waals surface area contributed by atoms with E-state index in [1.807, 2.05) is 11.0 Å². The molecule has 2 aromatic carbocycles. The Morgan fingerprint density at radius 3 is 2.55 bits per heavy atom. The van der Waals surface area contributed by atoms with Crippen LogP contribution in [0.15, 0.2) is 66.9 Å². The van der Waals surface area contributed by atoms with Crippen LogP contribution in [0.25, 0.3) is 0 Å². The summed E-state index contributed by atoms with van der Waals surface area (Å²) in [5.74, 6) is 0.642. The van der Waals surface area contributed by atoms with Gasteiger partial charge >= 0.3 is 0 Å². The Balaban J connectivity index is 1.67. The van der Waals surface area contributed by atoms with E-state index in [4.69, 9.17) is 16.3 Å². The first-order chi connectivity index (χ1) is 15.1. The summed E-state index contributed by atoms with van der Waals surface area (Å²) in [5, 5.41) is 0.647. The van der Waals surface area contributed by atoms with E-state index in [0.29, 0.717) is 17.3 Å². The van der Waals surface area contributed by atoms with Gasteiger partial charge in [-0.3, -0.25) is 4.79 Å². The second-order valence-corrected chi connectivity index (χ2v) is 8.26. The number of ether oxygens (including phenoxy) is 1. The molecule has 3 aromatic rings. The molecular formula is C26H31ClN2O2. The highest BCUT2D eigenvalue weighted by atomic mass is 35.5. The molecule has 0 N–H and O–H groups in total. The smallest absolute Gasteiger partial charge is 0.260 e. The van der Waals surface area contributed by atoms with Crippen LogP contribution in [-0.4, -0.2) is 28.5 Å². The molecule has 1 heterocycles. The lowest BCUT2D eigenvalue weighted by molar-refractivity contribution is -0.134. The lowest BCUT2D eigenvalue weighted by Gasteiger charge is -2.24. The third kappa shape index (κ3) is 6.90. The highest BCUT2D eigenvalue weighted by Gasteiger charge is 2.16. The average Bonchev–Trinajstić information content (AvgIpc) is 3.21. The molecule has 0 spiro atoms. The predicted octanol–water partition coefficient (Wildman–Crippen LogP) is 6.10. The number of hydrogen-bond donors (Lipinski definition) is 0. The summed E-state index contributed by atoms with van der Waals surface area (Å²) in [7, 11) is 0. The highest BCUT2D eigenvalue weighted by molar-refractivity contribution is 6.30. The number of hydrogen-bond acceptors (Lipinski definition) is 2. The fraction of sp³-hybridized carbons (Fsp3) is 0.346. The monoisotopic (exact) mass is 438 g/mol. The molecule has 1 aromatic heterocycles. The molecule has 0 bridgehead atoms. The molecule has 1 amide bonds. The Bertz CT molecular complexity index is 966. The fourth-order valence-electron chi connectivity index (χ4n) is 3.53. The average molecular weight is 439 g/mol. The quantitative estimate of drug-likeness (QED) is 0.339. The molecule has 0 aliphatic heterocycles. The lowest BCUT2D eigenvalue weighted by Crippen LogP contribution is -2.36. The Morgan fingerprint density at radius 2 is 1.81 bits per heavy atom. The molecule has 31 heavy (non-hydrogen) atoms. The Kier molecular flexibility index (Phi) is 8.60. The Hall–Kier alpha value is -2.72. The molecule has 0 saturated heterocycles. The van der Waals surface area contributed by atoms with Crippen molar-refractivity contribution in [1.29, 1.82) is 0 Å². The van der Waals surface area contributed by atoms with Crippen molar-refractivity contribution in [2.75, 3.05) is 13.2 Å². The Morgan fingerprint density at radius 1 is 1.03 bits per heavy atom. The lowest BCUT2D eigenvalue weighted by atomic mass is 10.1. The molecule has 5 heteroatoms. The van der Waals surface area contributed by atoms with Crippen molar-refractivity contribution < 1.29 is 9.53 Å². The van der Waals surface area contributed by atoms with Crippen LogP contribution < -0.4 is 4.74 Å². The van der Waals surface area contributed by atoms with Gasteiger partial charge in [-0.2, -0.15) is 0 Å². The first-order valence-corrected chi connectivity index (χ1v) is 11.3. The second-order valence-electron chi connectivity index (χ2n) is 7.82. The van der Waals surface area contributed by atoms with E-state index in [0.717, 1.165) is 38.0 Å². The van der Waals surface area contributed by atoms with Gasteiger partial charge < -0.3 is 14.2 Å². The maximum absolute atomic E-state index is 13.0. The highest BCUT2D eigenvalue weighted by Crippen LogP contribution is 2.17. The van der Waals surface area contributed by atoms with E-state index < -0.39 is 0 Å². The maximum Gasteiger partial charge on any atom is 0.260 e. The summed E-state index contributed by atoms with van der Waals surface area (Å²) in [5.41, 5.74) is 3.68. The van der Waals surface area contributed by atoms with Crippen molar-refractivity contribution in [3.8, 4) is 5.75 Å². The molecule has 0 radical (unpaired) electrons. The Labute approximate surface area is 190 Å². The maximum atomic E-state index is 13.0. The molecule has 0 atom stereocenters. The van der Waals surface area contributed by atoms with E-state index in [1.165, 1.54) is 11.1 Å². The van der Waals surface area contributed by atoms with Gasteiger partial charge in [0.15, 0.2) is 6.61 Å². The van der Waals surface area contributed by atoms with Crippen LogP contribution in [0, 0.1) is 6.92 Å². The number of halogens is 1. The van der Waals surface area contributed by atoms with Gasteiger partial charge in [0, 0.05) is 30.0 Å². The van der Waals surface area contributed by atoms with Crippen LogP contribution in [0.3, 0.4) is 0 Å². The van der Waals surface area contributed by atoms with Gasteiger partial charge in [-0.15, -0.1) is 0 Å². The SMILES string of the molecule is CCCCCN(Cc1cccn1Cc1ccccc1C)C(=O)COc1ccc(Cl)cc1. The summed E-state index contributed by atoms with van der Waals surface area (Å²) in [4.78, 5) is 14.9. The van der Waals surface area contributed by atoms with Gasteiger partial charge in [0.05, 0.1) is 6.54 Å². The van der Waals surface area contributed by atoms with Gasteiger partial charge in [-0.05, 0) is 60.9 Å². The van der Waals surface area contributed by atoms with E-state index >= 15 is 0 Å². The number of aryl methyl sites for hydroxylation is 1. The van der Waals surface area contributed by atoms with E-state index in [1.54, 1.807) is 24.3 Å². The third-order valence-electron chi connectivity index (χ3n) is 5.44. The predicted molar refractivity (Wildman–Crippen MR) is 127 cm³/mol. The first-order valence-electron chi connectivity index (χ1n) is 10.9. The number of nitrogens with zero attached hydrogens (tertiary/aromatic N) is 2. The van der Waals surface area contributed by atoms with Gasteiger partial charge in [-0.1, -0.05) is 55.6 Å².